The first-order chi connectivity index (χ1) is 5.68. The van der Waals surface area contributed by atoms with Crippen molar-refractivity contribution in [2.24, 2.45) is 5.92 Å². The van der Waals surface area contributed by atoms with Crippen molar-refractivity contribution in [1.29, 1.82) is 0 Å². The Kier molecular flexibility index (Phi) is 3.35. The molecule has 0 saturated heterocycles. The molecule has 1 atom stereocenters. The molecule has 0 bridgehead atoms. The Morgan fingerprint density at radius 2 is 2.25 bits per heavy atom. The maximum absolute atomic E-state index is 9.55. The standard InChI is InChI=1S/C10H16O2/c1-8(2)5-10(11)6-9-3-4-12-7-9/h3-4,7-8,10-11H,5-6H2,1-2H3. The largest absolute Gasteiger partial charge is 0.472 e. The fourth-order valence-electron chi connectivity index (χ4n) is 1.31. The van der Waals surface area contributed by atoms with E-state index in [1.54, 1.807) is 12.5 Å². The highest BCUT2D eigenvalue weighted by molar-refractivity contribution is 5.06. The van der Waals surface area contributed by atoms with E-state index >= 15 is 0 Å². The molecule has 0 aromatic carbocycles. The van der Waals surface area contributed by atoms with Gasteiger partial charge in [-0.25, -0.2) is 0 Å². The zero-order valence-corrected chi connectivity index (χ0v) is 7.66. The molecule has 1 rings (SSSR count). The Labute approximate surface area is 73.2 Å². The molecule has 0 spiro atoms. The summed E-state index contributed by atoms with van der Waals surface area (Å²) in [5.41, 5.74) is 1.07. The van der Waals surface area contributed by atoms with Crippen LogP contribution >= 0.6 is 0 Å². The number of aliphatic hydroxyl groups is 1. The molecule has 0 fully saturated rings. The Bertz CT molecular complexity index is 202. The van der Waals surface area contributed by atoms with Gasteiger partial charge in [-0.15, -0.1) is 0 Å². The number of hydrogen-bond acceptors (Lipinski definition) is 2. The van der Waals surface area contributed by atoms with Crippen molar-refractivity contribution in [3.8, 4) is 0 Å². The highest BCUT2D eigenvalue weighted by Crippen LogP contribution is 2.10. The molecule has 12 heavy (non-hydrogen) atoms. The van der Waals surface area contributed by atoms with Crippen molar-refractivity contribution in [2.75, 3.05) is 0 Å². The van der Waals surface area contributed by atoms with Crippen molar-refractivity contribution in [3.05, 3.63) is 24.2 Å². The van der Waals surface area contributed by atoms with Gasteiger partial charge in [0.15, 0.2) is 0 Å². The molecule has 0 radical (unpaired) electrons. The van der Waals surface area contributed by atoms with Crippen LogP contribution in [0, 0.1) is 5.92 Å². The van der Waals surface area contributed by atoms with Gasteiger partial charge in [-0.1, -0.05) is 13.8 Å². The topological polar surface area (TPSA) is 33.4 Å². The first kappa shape index (κ1) is 9.33. The minimum atomic E-state index is -0.234. The molecule has 1 aromatic heterocycles. The summed E-state index contributed by atoms with van der Waals surface area (Å²) in [5, 5.41) is 9.55. The van der Waals surface area contributed by atoms with Crippen molar-refractivity contribution < 1.29 is 9.52 Å². The van der Waals surface area contributed by atoms with Gasteiger partial charge in [-0.05, 0) is 24.0 Å². The Hall–Kier alpha value is -0.760. The van der Waals surface area contributed by atoms with Gasteiger partial charge >= 0.3 is 0 Å². The van der Waals surface area contributed by atoms with Gasteiger partial charge in [0.25, 0.3) is 0 Å². The minimum absolute atomic E-state index is 0.234. The number of furan rings is 1. The summed E-state index contributed by atoms with van der Waals surface area (Å²) in [6.45, 7) is 4.22. The average molecular weight is 168 g/mol. The van der Waals surface area contributed by atoms with Gasteiger partial charge in [-0.2, -0.15) is 0 Å². The summed E-state index contributed by atoms with van der Waals surface area (Å²) in [5.74, 6) is 0.548. The molecule has 0 amide bonds. The molecule has 2 heteroatoms. The quantitative estimate of drug-likeness (QED) is 0.747. The third-order valence-electron chi connectivity index (χ3n) is 1.79. The molecular weight excluding hydrogens is 152 g/mol. The average Bonchev–Trinajstić information content (AvgIpc) is 2.37. The van der Waals surface area contributed by atoms with Crippen LogP contribution in [0.3, 0.4) is 0 Å². The third kappa shape index (κ3) is 3.09. The number of aliphatic hydroxyl groups excluding tert-OH is 1. The summed E-state index contributed by atoms with van der Waals surface area (Å²) in [7, 11) is 0. The summed E-state index contributed by atoms with van der Waals surface area (Å²) < 4.78 is 4.91. The van der Waals surface area contributed by atoms with Crippen LogP contribution in [0.15, 0.2) is 23.0 Å². The van der Waals surface area contributed by atoms with Gasteiger partial charge in [0.05, 0.1) is 18.6 Å². The second kappa shape index (κ2) is 4.31. The molecule has 0 saturated carbocycles. The highest BCUT2D eigenvalue weighted by Gasteiger charge is 2.08. The van der Waals surface area contributed by atoms with Gasteiger partial charge in [-0.3, -0.25) is 0 Å². The fraction of sp³-hybridized carbons (Fsp3) is 0.600. The molecule has 0 aliphatic carbocycles. The van der Waals surface area contributed by atoms with Gasteiger partial charge < -0.3 is 9.52 Å². The van der Waals surface area contributed by atoms with Gasteiger partial charge in [0.2, 0.25) is 0 Å². The lowest BCUT2D eigenvalue weighted by molar-refractivity contribution is 0.149. The monoisotopic (exact) mass is 168 g/mol. The fourth-order valence-corrected chi connectivity index (χ4v) is 1.31. The van der Waals surface area contributed by atoms with E-state index < -0.39 is 0 Å². The lowest BCUT2D eigenvalue weighted by Crippen LogP contribution is -2.12. The molecule has 0 aliphatic rings. The van der Waals surface area contributed by atoms with Crippen molar-refractivity contribution >= 4 is 0 Å². The van der Waals surface area contributed by atoms with Crippen LogP contribution in [0.5, 0.6) is 0 Å². The van der Waals surface area contributed by atoms with Crippen LogP contribution in [0.1, 0.15) is 25.8 Å². The van der Waals surface area contributed by atoms with E-state index in [2.05, 4.69) is 13.8 Å². The van der Waals surface area contributed by atoms with E-state index in [0.717, 1.165) is 12.0 Å². The molecule has 2 nitrogen and oxygen atoms in total. The molecule has 0 aliphatic heterocycles. The van der Waals surface area contributed by atoms with E-state index in [1.165, 1.54) is 0 Å². The second-order valence-corrected chi connectivity index (χ2v) is 3.62. The molecular formula is C10H16O2. The predicted molar refractivity (Wildman–Crippen MR) is 47.9 cm³/mol. The summed E-state index contributed by atoms with van der Waals surface area (Å²) in [6, 6.07) is 1.89. The third-order valence-corrected chi connectivity index (χ3v) is 1.79. The summed E-state index contributed by atoms with van der Waals surface area (Å²) in [4.78, 5) is 0. The van der Waals surface area contributed by atoms with E-state index in [1.807, 2.05) is 6.07 Å². The zero-order chi connectivity index (χ0) is 8.97. The van der Waals surface area contributed by atoms with Crippen molar-refractivity contribution in [2.45, 2.75) is 32.8 Å². The first-order valence-corrected chi connectivity index (χ1v) is 4.37. The maximum atomic E-state index is 9.55. The van der Waals surface area contributed by atoms with E-state index in [4.69, 9.17) is 4.42 Å². The molecule has 68 valence electrons. The maximum Gasteiger partial charge on any atom is 0.0935 e. The first-order valence-electron chi connectivity index (χ1n) is 4.37. The normalized spacial score (nSPS) is 13.7. The van der Waals surface area contributed by atoms with Crippen LogP contribution in [0.2, 0.25) is 0 Å². The Balaban J connectivity index is 2.32. The smallest absolute Gasteiger partial charge is 0.0935 e. The summed E-state index contributed by atoms with van der Waals surface area (Å²) in [6.07, 6.45) is 4.64. The molecule has 1 N–H and O–H groups in total. The van der Waals surface area contributed by atoms with Crippen molar-refractivity contribution in [3.63, 3.8) is 0 Å². The van der Waals surface area contributed by atoms with Gasteiger partial charge in [0, 0.05) is 6.42 Å². The van der Waals surface area contributed by atoms with Crippen molar-refractivity contribution in [1.82, 2.24) is 0 Å². The highest BCUT2D eigenvalue weighted by atomic mass is 16.3. The Morgan fingerprint density at radius 1 is 1.50 bits per heavy atom. The number of hydrogen-bond donors (Lipinski definition) is 1. The SMILES string of the molecule is CC(C)CC(O)Cc1ccoc1. The van der Waals surface area contributed by atoms with Crippen LogP contribution < -0.4 is 0 Å². The molecule has 1 unspecified atom stereocenters. The summed E-state index contributed by atoms with van der Waals surface area (Å²) >= 11 is 0. The number of rotatable bonds is 4. The van der Waals surface area contributed by atoms with E-state index in [0.29, 0.717) is 12.3 Å². The lowest BCUT2D eigenvalue weighted by atomic mass is 10.0. The molecule has 1 aromatic rings. The lowest BCUT2D eigenvalue weighted by Gasteiger charge is -2.11. The minimum Gasteiger partial charge on any atom is -0.472 e. The predicted octanol–water partition coefficient (Wildman–Crippen LogP) is 2.23. The van der Waals surface area contributed by atoms with E-state index in [-0.39, 0.29) is 6.10 Å². The second-order valence-electron chi connectivity index (χ2n) is 3.62. The van der Waals surface area contributed by atoms with Crippen LogP contribution in [-0.4, -0.2) is 11.2 Å². The molecule has 1 heterocycles. The van der Waals surface area contributed by atoms with Crippen LogP contribution in [0.4, 0.5) is 0 Å². The Morgan fingerprint density at radius 3 is 2.75 bits per heavy atom. The van der Waals surface area contributed by atoms with Gasteiger partial charge in [0.1, 0.15) is 0 Å². The van der Waals surface area contributed by atoms with Crippen LogP contribution in [0.25, 0.3) is 0 Å². The zero-order valence-electron chi connectivity index (χ0n) is 7.66. The van der Waals surface area contributed by atoms with E-state index in [9.17, 15) is 5.11 Å². The van der Waals surface area contributed by atoms with Crippen LogP contribution in [-0.2, 0) is 6.42 Å².